The molecule has 1 aromatic rings. The van der Waals surface area contributed by atoms with Gasteiger partial charge in [-0.3, -0.25) is 4.79 Å². The summed E-state index contributed by atoms with van der Waals surface area (Å²) in [6.07, 6.45) is 5.59. The van der Waals surface area contributed by atoms with Crippen LogP contribution < -0.4 is 0 Å². The van der Waals surface area contributed by atoms with Crippen molar-refractivity contribution >= 4 is 17.3 Å². The molecule has 2 atom stereocenters. The zero-order valence-corrected chi connectivity index (χ0v) is 14.0. The molecule has 0 spiro atoms. The monoisotopic (exact) mass is 311 g/mol. The SMILES string of the molecule is CCOC1(c2nc(CCC(=O)OC)cs2)CCCC(C)C1. The van der Waals surface area contributed by atoms with Crippen LogP contribution in [0.15, 0.2) is 5.38 Å². The van der Waals surface area contributed by atoms with Crippen LogP contribution in [-0.4, -0.2) is 24.7 Å². The van der Waals surface area contributed by atoms with E-state index in [1.54, 1.807) is 11.3 Å². The molecule has 1 saturated carbocycles. The van der Waals surface area contributed by atoms with Gasteiger partial charge in [0.25, 0.3) is 0 Å². The van der Waals surface area contributed by atoms with Gasteiger partial charge in [0.05, 0.1) is 19.2 Å². The number of ether oxygens (including phenoxy) is 2. The highest BCUT2D eigenvalue weighted by atomic mass is 32.1. The van der Waals surface area contributed by atoms with Gasteiger partial charge in [-0.05, 0) is 32.1 Å². The highest BCUT2D eigenvalue weighted by molar-refractivity contribution is 7.09. The topological polar surface area (TPSA) is 48.4 Å². The molecule has 0 bridgehead atoms. The van der Waals surface area contributed by atoms with E-state index in [2.05, 4.69) is 17.0 Å². The predicted octanol–water partition coefficient (Wildman–Crippen LogP) is 3.69. The van der Waals surface area contributed by atoms with Gasteiger partial charge in [0.2, 0.25) is 0 Å². The second kappa shape index (κ2) is 7.36. The van der Waals surface area contributed by atoms with Crippen molar-refractivity contribution < 1.29 is 14.3 Å². The van der Waals surface area contributed by atoms with E-state index in [1.807, 2.05) is 6.92 Å². The molecule has 21 heavy (non-hydrogen) atoms. The third kappa shape index (κ3) is 4.04. The van der Waals surface area contributed by atoms with E-state index in [0.717, 1.165) is 23.5 Å². The van der Waals surface area contributed by atoms with Crippen molar-refractivity contribution in [1.29, 1.82) is 0 Å². The Balaban J connectivity index is 2.10. The summed E-state index contributed by atoms with van der Waals surface area (Å²) in [6.45, 7) is 5.05. The Morgan fingerprint density at radius 1 is 1.57 bits per heavy atom. The molecular weight excluding hydrogens is 286 g/mol. The third-order valence-electron chi connectivity index (χ3n) is 4.13. The van der Waals surface area contributed by atoms with Crippen LogP contribution in [-0.2, 0) is 26.3 Å². The molecule has 1 aliphatic carbocycles. The Labute approximate surface area is 130 Å². The summed E-state index contributed by atoms with van der Waals surface area (Å²) < 4.78 is 10.8. The molecule has 0 saturated heterocycles. The molecule has 1 aliphatic rings. The molecule has 5 heteroatoms. The number of hydrogen-bond acceptors (Lipinski definition) is 5. The lowest BCUT2D eigenvalue weighted by Gasteiger charge is -2.38. The Kier molecular flexibility index (Phi) is 5.76. The van der Waals surface area contributed by atoms with E-state index in [1.165, 1.54) is 20.0 Å². The van der Waals surface area contributed by atoms with Crippen LogP contribution in [0.1, 0.15) is 56.7 Å². The molecule has 0 radical (unpaired) electrons. The average molecular weight is 311 g/mol. The smallest absolute Gasteiger partial charge is 0.305 e. The van der Waals surface area contributed by atoms with Crippen LogP contribution in [0, 0.1) is 5.92 Å². The minimum absolute atomic E-state index is 0.185. The van der Waals surface area contributed by atoms with Crippen molar-refractivity contribution in [1.82, 2.24) is 4.98 Å². The van der Waals surface area contributed by atoms with E-state index >= 15 is 0 Å². The summed E-state index contributed by atoms with van der Waals surface area (Å²) in [5, 5.41) is 3.13. The maximum Gasteiger partial charge on any atom is 0.305 e. The highest BCUT2D eigenvalue weighted by Gasteiger charge is 2.39. The molecule has 118 valence electrons. The van der Waals surface area contributed by atoms with Gasteiger partial charge >= 0.3 is 5.97 Å². The number of aryl methyl sites for hydroxylation is 1. The molecule has 1 aromatic heterocycles. The van der Waals surface area contributed by atoms with Crippen molar-refractivity contribution in [3.05, 3.63) is 16.1 Å². The molecule has 4 nitrogen and oxygen atoms in total. The van der Waals surface area contributed by atoms with E-state index in [0.29, 0.717) is 25.4 Å². The fraction of sp³-hybridized carbons (Fsp3) is 0.750. The van der Waals surface area contributed by atoms with E-state index in [-0.39, 0.29) is 11.6 Å². The number of thiazole rings is 1. The van der Waals surface area contributed by atoms with Crippen LogP contribution in [0.25, 0.3) is 0 Å². The average Bonchev–Trinajstić information content (AvgIpc) is 2.94. The van der Waals surface area contributed by atoms with Crippen LogP contribution >= 0.6 is 11.3 Å². The fourth-order valence-corrected chi connectivity index (χ4v) is 4.18. The second-order valence-corrected chi connectivity index (χ2v) is 6.71. The molecule has 0 aliphatic heterocycles. The quantitative estimate of drug-likeness (QED) is 0.752. The lowest BCUT2D eigenvalue weighted by Crippen LogP contribution is -2.35. The number of aromatic nitrogens is 1. The standard InChI is InChI=1S/C16H25NO3S/c1-4-20-16(9-5-6-12(2)10-16)15-17-13(11-21-15)7-8-14(18)19-3/h11-12H,4-10H2,1-3H3. The first-order valence-corrected chi connectivity index (χ1v) is 8.63. The zero-order chi connectivity index (χ0) is 15.3. The highest BCUT2D eigenvalue weighted by Crippen LogP contribution is 2.44. The molecule has 0 amide bonds. The van der Waals surface area contributed by atoms with Crippen molar-refractivity contribution in [3.63, 3.8) is 0 Å². The summed E-state index contributed by atoms with van der Waals surface area (Å²) in [5.41, 5.74) is 0.762. The Hall–Kier alpha value is -0.940. The van der Waals surface area contributed by atoms with Gasteiger partial charge in [0, 0.05) is 18.4 Å². The number of rotatable bonds is 6. The summed E-state index contributed by atoms with van der Waals surface area (Å²) in [7, 11) is 1.42. The fourth-order valence-electron chi connectivity index (χ4n) is 3.13. The van der Waals surface area contributed by atoms with Crippen molar-refractivity contribution in [2.45, 2.75) is 58.0 Å². The summed E-state index contributed by atoms with van der Waals surface area (Å²) in [4.78, 5) is 16.0. The maximum atomic E-state index is 11.2. The molecule has 2 rings (SSSR count). The van der Waals surface area contributed by atoms with E-state index in [9.17, 15) is 4.79 Å². The molecule has 2 unspecified atom stereocenters. The molecule has 1 heterocycles. The van der Waals surface area contributed by atoms with Crippen LogP contribution in [0.3, 0.4) is 0 Å². The number of carbonyl (C=O) groups excluding carboxylic acids is 1. The minimum Gasteiger partial charge on any atom is -0.469 e. The lowest BCUT2D eigenvalue weighted by atomic mass is 9.79. The van der Waals surface area contributed by atoms with E-state index in [4.69, 9.17) is 9.72 Å². The van der Waals surface area contributed by atoms with Gasteiger partial charge in [0.1, 0.15) is 10.6 Å². The van der Waals surface area contributed by atoms with E-state index < -0.39 is 0 Å². The first-order valence-electron chi connectivity index (χ1n) is 7.75. The van der Waals surface area contributed by atoms with Gasteiger partial charge in [0.15, 0.2) is 0 Å². The third-order valence-corrected chi connectivity index (χ3v) is 5.21. The number of esters is 1. The van der Waals surface area contributed by atoms with Crippen molar-refractivity contribution in [3.8, 4) is 0 Å². The number of methoxy groups -OCH3 is 1. The molecule has 0 N–H and O–H groups in total. The Morgan fingerprint density at radius 2 is 2.38 bits per heavy atom. The number of hydrogen-bond donors (Lipinski definition) is 0. The molecular formula is C16H25NO3S. The summed E-state index contributed by atoms with van der Waals surface area (Å²) in [6, 6.07) is 0. The van der Waals surface area contributed by atoms with Gasteiger partial charge in [-0.1, -0.05) is 13.3 Å². The maximum absolute atomic E-state index is 11.2. The van der Waals surface area contributed by atoms with Gasteiger partial charge in [-0.15, -0.1) is 11.3 Å². The first-order chi connectivity index (χ1) is 10.1. The number of carbonyl (C=O) groups is 1. The largest absolute Gasteiger partial charge is 0.469 e. The zero-order valence-electron chi connectivity index (χ0n) is 13.2. The molecule has 1 fully saturated rings. The lowest BCUT2D eigenvalue weighted by molar-refractivity contribution is -0.140. The van der Waals surface area contributed by atoms with Crippen LogP contribution in [0.5, 0.6) is 0 Å². The van der Waals surface area contributed by atoms with Gasteiger partial charge in [-0.25, -0.2) is 4.98 Å². The Morgan fingerprint density at radius 3 is 3.05 bits per heavy atom. The predicted molar refractivity (Wildman–Crippen MR) is 83.4 cm³/mol. The normalized spacial score (nSPS) is 25.8. The minimum atomic E-state index is -0.208. The number of nitrogens with zero attached hydrogens (tertiary/aromatic N) is 1. The van der Waals surface area contributed by atoms with Crippen LogP contribution in [0.2, 0.25) is 0 Å². The Bertz CT molecular complexity index is 470. The van der Waals surface area contributed by atoms with Crippen LogP contribution in [0.4, 0.5) is 0 Å². The first kappa shape index (κ1) is 16.4. The summed E-state index contributed by atoms with van der Waals surface area (Å²) >= 11 is 1.67. The van der Waals surface area contributed by atoms with Crippen molar-refractivity contribution in [2.24, 2.45) is 5.92 Å². The van der Waals surface area contributed by atoms with Gasteiger partial charge in [-0.2, -0.15) is 0 Å². The van der Waals surface area contributed by atoms with Gasteiger partial charge < -0.3 is 9.47 Å². The van der Waals surface area contributed by atoms with Crippen molar-refractivity contribution in [2.75, 3.05) is 13.7 Å². The second-order valence-electron chi connectivity index (χ2n) is 5.85. The molecule has 0 aromatic carbocycles. The summed E-state index contributed by atoms with van der Waals surface area (Å²) in [5.74, 6) is 0.489.